The minimum absolute atomic E-state index is 0.0120. The Kier molecular flexibility index (Phi) is 7.13. The van der Waals surface area contributed by atoms with Crippen molar-refractivity contribution in [3.63, 3.8) is 0 Å². The van der Waals surface area contributed by atoms with Crippen molar-refractivity contribution in [3.05, 3.63) is 23.3 Å². The normalized spacial score (nSPS) is 36.2. The Morgan fingerprint density at radius 3 is 2.33 bits per heavy atom. The molecule has 2 bridgehead atoms. The van der Waals surface area contributed by atoms with Gasteiger partial charge in [-0.1, -0.05) is 17.2 Å². The predicted octanol–water partition coefficient (Wildman–Crippen LogP) is 4.29. The summed E-state index contributed by atoms with van der Waals surface area (Å²) >= 11 is 0. The number of ether oxygens (including phenoxy) is 4. The molecule has 1 aliphatic carbocycles. The van der Waals surface area contributed by atoms with E-state index < -0.39 is 35.3 Å². The molecule has 0 aromatic carbocycles. The molecule has 3 aliphatic rings. The van der Waals surface area contributed by atoms with Crippen molar-refractivity contribution in [2.75, 3.05) is 0 Å². The molecule has 7 heteroatoms. The molecular weight excluding hydrogens is 424 g/mol. The summed E-state index contributed by atoms with van der Waals surface area (Å²) in [6.07, 6.45) is 5.15. The van der Waals surface area contributed by atoms with Crippen molar-refractivity contribution in [2.45, 2.75) is 104 Å². The van der Waals surface area contributed by atoms with Crippen LogP contribution in [0.15, 0.2) is 23.3 Å². The van der Waals surface area contributed by atoms with Crippen molar-refractivity contribution in [1.29, 1.82) is 0 Å². The summed E-state index contributed by atoms with van der Waals surface area (Å²) in [6, 6.07) is 0. The summed E-state index contributed by atoms with van der Waals surface area (Å²) in [7, 11) is 0. The van der Waals surface area contributed by atoms with Crippen LogP contribution in [0.1, 0.15) is 74.7 Å². The van der Waals surface area contributed by atoms with Gasteiger partial charge in [-0.15, -0.1) is 0 Å². The molecule has 0 amide bonds. The highest BCUT2D eigenvalue weighted by Crippen LogP contribution is 2.55. The van der Waals surface area contributed by atoms with Crippen LogP contribution >= 0.6 is 0 Å². The highest BCUT2D eigenvalue weighted by Gasteiger charge is 2.62. The number of rotatable bonds is 4. The first-order chi connectivity index (χ1) is 15.2. The van der Waals surface area contributed by atoms with Crippen molar-refractivity contribution >= 4 is 17.9 Å². The van der Waals surface area contributed by atoms with E-state index in [4.69, 9.17) is 18.9 Å². The topological polar surface area (TPSA) is 88.1 Å². The van der Waals surface area contributed by atoms with E-state index in [0.29, 0.717) is 6.42 Å². The van der Waals surface area contributed by atoms with Gasteiger partial charge in [-0.2, -0.15) is 0 Å². The molecule has 7 nitrogen and oxygen atoms in total. The third-order valence-corrected chi connectivity index (χ3v) is 7.35. The number of allylic oxidation sites excluding steroid dienone is 1. The van der Waals surface area contributed by atoms with Crippen LogP contribution < -0.4 is 0 Å². The first-order valence-corrected chi connectivity index (χ1v) is 11.8. The van der Waals surface area contributed by atoms with Gasteiger partial charge in [0.2, 0.25) is 0 Å². The van der Waals surface area contributed by atoms with E-state index in [2.05, 4.69) is 13.0 Å². The van der Waals surface area contributed by atoms with E-state index in [1.807, 2.05) is 33.8 Å². The van der Waals surface area contributed by atoms with Crippen molar-refractivity contribution in [3.8, 4) is 0 Å². The van der Waals surface area contributed by atoms with E-state index >= 15 is 0 Å². The summed E-state index contributed by atoms with van der Waals surface area (Å²) in [5.41, 5.74) is 0.479. The number of hydrogen-bond donors (Lipinski definition) is 0. The fourth-order valence-electron chi connectivity index (χ4n) is 6.41. The molecule has 0 saturated carbocycles. The van der Waals surface area contributed by atoms with Gasteiger partial charge in [-0.3, -0.25) is 14.4 Å². The van der Waals surface area contributed by atoms with E-state index in [0.717, 1.165) is 18.4 Å². The number of carbonyl (C=O) groups excluding carboxylic acids is 3. The molecule has 1 saturated heterocycles. The van der Waals surface area contributed by atoms with Gasteiger partial charge in [0.15, 0.2) is 0 Å². The van der Waals surface area contributed by atoms with E-state index in [1.54, 1.807) is 0 Å². The summed E-state index contributed by atoms with van der Waals surface area (Å²) in [6.45, 7) is 13.9. The van der Waals surface area contributed by atoms with Crippen LogP contribution in [0.4, 0.5) is 0 Å². The van der Waals surface area contributed by atoms with Crippen LogP contribution in [0.5, 0.6) is 0 Å². The SMILES string of the molecule is CC(=O)O[C@H]1C=C(C)[C@H]2[C@@H]([C@H]1C(C)(C)OC(C)=O)[C@H]1O[C@@H]2CC(C)=CCC[C@@]1(C)OC(C)=O. The van der Waals surface area contributed by atoms with Gasteiger partial charge in [0, 0.05) is 38.5 Å². The number of carbonyl (C=O) groups is 3. The van der Waals surface area contributed by atoms with Gasteiger partial charge in [-0.05, 0) is 60.0 Å². The van der Waals surface area contributed by atoms with E-state index in [-0.39, 0.29) is 29.8 Å². The molecule has 2 heterocycles. The lowest BCUT2D eigenvalue weighted by Crippen LogP contribution is -2.57. The molecule has 0 spiro atoms. The first-order valence-electron chi connectivity index (χ1n) is 11.8. The number of fused-ring (bicyclic) bond motifs is 5. The Balaban J connectivity index is 2.20. The Labute approximate surface area is 196 Å². The van der Waals surface area contributed by atoms with Gasteiger partial charge in [0.05, 0.1) is 6.10 Å². The summed E-state index contributed by atoms with van der Waals surface area (Å²) in [5.74, 6) is -1.73. The second-order valence-electron chi connectivity index (χ2n) is 10.6. The molecule has 1 fully saturated rings. The minimum atomic E-state index is -0.950. The third kappa shape index (κ3) is 5.18. The molecule has 0 aromatic rings. The quantitative estimate of drug-likeness (QED) is 0.350. The van der Waals surface area contributed by atoms with Gasteiger partial charge in [0.25, 0.3) is 0 Å². The fourth-order valence-corrected chi connectivity index (χ4v) is 6.41. The maximum atomic E-state index is 12.2. The van der Waals surface area contributed by atoms with Gasteiger partial charge in [-0.25, -0.2) is 0 Å². The van der Waals surface area contributed by atoms with E-state index in [1.165, 1.54) is 26.3 Å². The summed E-state index contributed by atoms with van der Waals surface area (Å²) in [4.78, 5) is 36.2. The zero-order valence-electron chi connectivity index (χ0n) is 21.1. The Bertz CT molecular complexity index is 870. The molecule has 0 unspecified atom stereocenters. The van der Waals surface area contributed by atoms with Crippen LogP contribution in [0.25, 0.3) is 0 Å². The van der Waals surface area contributed by atoms with Gasteiger partial charge in [0.1, 0.15) is 23.4 Å². The van der Waals surface area contributed by atoms with Crippen LogP contribution in [0.2, 0.25) is 0 Å². The fraction of sp³-hybridized carbons (Fsp3) is 0.731. The summed E-state index contributed by atoms with van der Waals surface area (Å²) < 4.78 is 24.3. The standard InChI is InChI=1S/C26H38O7/c1-14-10-9-11-26(8,33-18(5)29)24-22-21(19(12-14)31-24)15(2)13-20(30-16(3)27)23(22)25(6,7)32-17(4)28/h10,13,19-24H,9,11-12H2,1-8H3/t19-,20+,21-,22+,23+,24-,26-/m1/s1. The molecular formula is C26H38O7. The van der Waals surface area contributed by atoms with Crippen LogP contribution in [-0.4, -0.2) is 47.4 Å². The van der Waals surface area contributed by atoms with E-state index in [9.17, 15) is 14.4 Å². The third-order valence-electron chi connectivity index (χ3n) is 7.35. The zero-order valence-corrected chi connectivity index (χ0v) is 21.1. The van der Waals surface area contributed by atoms with Crippen LogP contribution in [0, 0.1) is 17.8 Å². The highest BCUT2D eigenvalue weighted by atomic mass is 16.6. The second-order valence-corrected chi connectivity index (χ2v) is 10.6. The highest BCUT2D eigenvalue weighted by molar-refractivity contribution is 5.67. The maximum Gasteiger partial charge on any atom is 0.303 e. The van der Waals surface area contributed by atoms with Crippen molar-refractivity contribution in [1.82, 2.24) is 0 Å². The van der Waals surface area contributed by atoms with Crippen molar-refractivity contribution < 1.29 is 33.3 Å². The zero-order chi connectivity index (χ0) is 24.7. The van der Waals surface area contributed by atoms with Gasteiger partial charge >= 0.3 is 17.9 Å². The monoisotopic (exact) mass is 462 g/mol. The molecule has 33 heavy (non-hydrogen) atoms. The van der Waals surface area contributed by atoms with Crippen molar-refractivity contribution in [2.24, 2.45) is 17.8 Å². The average Bonchev–Trinajstić information content (AvgIpc) is 3.00. The number of hydrogen-bond acceptors (Lipinski definition) is 7. The minimum Gasteiger partial charge on any atom is -0.459 e. The Morgan fingerprint density at radius 1 is 1.09 bits per heavy atom. The number of esters is 3. The summed E-state index contributed by atoms with van der Waals surface area (Å²) in [5, 5.41) is 0. The molecule has 0 aromatic heterocycles. The van der Waals surface area contributed by atoms with Crippen LogP contribution in [-0.2, 0) is 33.3 Å². The smallest absolute Gasteiger partial charge is 0.303 e. The molecule has 3 rings (SSSR count). The molecule has 2 aliphatic heterocycles. The molecule has 184 valence electrons. The Morgan fingerprint density at radius 2 is 1.76 bits per heavy atom. The maximum absolute atomic E-state index is 12.2. The van der Waals surface area contributed by atoms with Gasteiger partial charge < -0.3 is 18.9 Å². The van der Waals surface area contributed by atoms with Crippen LogP contribution in [0.3, 0.4) is 0 Å². The Hall–Kier alpha value is -2.15. The average molecular weight is 463 g/mol. The second kappa shape index (κ2) is 9.24. The lowest BCUT2D eigenvalue weighted by molar-refractivity contribution is -0.191. The largest absolute Gasteiger partial charge is 0.459 e. The predicted molar refractivity (Wildman–Crippen MR) is 122 cm³/mol. The molecule has 0 radical (unpaired) electrons. The lowest BCUT2D eigenvalue weighted by Gasteiger charge is -2.49. The molecule has 7 atom stereocenters. The first kappa shape index (κ1) is 25.5. The molecule has 0 N–H and O–H groups in total. The lowest BCUT2D eigenvalue weighted by atomic mass is 9.60.